The van der Waals surface area contributed by atoms with Gasteiger partial charge in [-0.2, -0.15) is 0 Å². The molecule has 0 radical (unpaired) electrons. The number of hydrogen-bond acceptors (Lipinski definition) is 2. The highest BCUT2D eigenvalue weighted by atomic mass is 32.1. The van der Waals surface area contributed by atoms with Crippen LogP contribution >= 0.6 is 12.6 Å². The van der Waals surface area contributed by atoms with E-state index >= 15 is 0 Å². The van der Waals surface area contributed by atoms with Crippen LogP contribution in [0.25, 0.3) is 0 Å². The van der Waals surface area contributed by atoms with Gasteiger partial charge in [0.05, 0.1) is 6.10 Å². The van der Waals surface area contributed by atoms with Crippen molar-refractivity contribution < 1.29 is 4.74 Å². The van der Waals surface area contributed by atoms with Gasteiger partial charge in [0, 0.05) is 11.5 Å². The molecule has 0 aromatic heterocycles. The van der Waals surface area contributed by atoms with Crippen LogP contribution < -0.4 is 0 Å². The Morgan fingerprint density at radius 3 is 2.75 bits per heavy atom. The normalized spacial score (nSPS) is 28.4. The van der Waals surface area contributed by atoms with E-state index in [1.807, 2.05) is 0 Å². The highest BCUT2D eigenvalue weighted by Crippen LogP contribution is 2.20. The molecule has 0 aliphatic carbocycles. The minimum absolute atomic E-state index is 0.235. The first-order valence-corrected chi connectivity index (χ1v) is 3.25. The minimum atomic E-state index is 0.235. The topological polar surface area (TPSA) is 9.23 Å². The zero-order valence-electron chi connectivity index (χ0n) is 4.76. The van der Waals surface area contributed by atoms with Crippen LogP contribution in [0.2, 0.25) is 0 Å². The maximum absolute atomic E-state index is 5.24. The van der Waals surface area contributed by atoms with Crippen molar-refractivity contribution in [2.75, 3.05) is 6.61 Å². The highest BCUT2D eigenvalue weighted by Gasteiger charge is 2.15. The van der Waals surface area contributed by atoms with E-state index in [9.17, 15) is 0 Å². The summed E-state index contributed by atoms with van der Waals surface area (Å²) in [4.78, 5) is 0.863. The van der Waals surface area contributed by atoms with E-state index in [1.54, 1.807) is 0 Å². The van der Waals surface area contributed by atoms with Crippen molar-refractivity contribution in [1.29, 1.82) is 0 Å². The molecule has 1 aliphatic heterocycles. The molecule has 1 aliphatic rings. The van der Waals surface area contributed by atoms with E-state index < -0.39 is 0 Å². The second-order valence-corrected chi connectivity index (χ2v) is 2.57. The molecule has 0 unspecified atom stereocenters. The maximum Gasteiger partial charge on any atom is 0.0875 e. The van der Waals surface area contributed by atoms with Crippen molar-refractivity contribution in [3.8, 4) is 0 Å². The summed E-state index contributed by atoms with van der Waals surface area (Å²) >= 11 is 4.07. The quantitative estimate of drug-likeness (QED) is 0.530. The first-order chi connectivity index (χ1) is 3.80. The molecular weight excluding hydrogens is 120 g/mol. The van der Waals surface area contributed by atoms with Crippen LogP contribution in [-0.2, 0) is 4.74 Å². The van der Waals surface area contributed by atoms with E-state index in [1.165, 1.54) is 0 Å². The maximum atomic E-state index is 5.24. The van der Waals surface area contributed by atoms with Crippen LogP contribution in [0.1, 0.15) is 12.8 Å². The van der Waals surface area contributed by atoms with Crippen molar-refractivity contribution in [2.24, 2.45) is 0 Å². The molecule has 0 aromatic carbocycles. The molecule has 1 heterocycles. The molecule has 46 valence electrons. The minimum Gasteiger partial charge on any atom is -0.373 e. The van der Waals surface area contributed by atoms with Gasteiger partial charge >= 0.3 is 0 Å². The Morgan fingerprint density at radius 2 is 2.50 bits per heavy atom. The number of rotatable bonds is 1. The van der Waals surface area contributed by atoms with Gasteiger partial charge in [-0.05, 0) is 12.8 Å². The molecule has 0 N–H and O–H groups in total. The van der Waals surface area contributed by atoms with Crippen LogP contribution in [0.3, 0.4) is 0 Å². The molecule has 1 fully saturated rings. The molecule has 0 amide bonds. The van der Waals surface area contributed by atoms with Crippen molar-refractivity contribution in [1.82, 2.24) is 0 Å². The highest BCUT2D eigenvalue weighted by molar-refractivity contribution is 7.84. The summed E-state index contributed by atoms with van der Waals surface area (Å²) in [5.41, 5.74) is 0. The summed E-state index contributed by atoms with van der Waals surface area (Å²) in [6, 6.07) is 0. The van der Waals surface area contributed by atoms with Crippen LogP contribution in [0.5, 0.6) is 0 Å². The Morgan fingerprint density at radius 1 is 1.75 bits per heavy atom. The van der Waals surface area contributed by atoms with Gasteiger partial charge < -0.3 is 4.74 Å². The Kier molecular flexibility index (Phi) is 1.97. The summed E-state index contributed by atoms with van der Waals surface area (Å²) in [5.74, 6) is 0. The summed E-state index contributed by atoms with van der Waals surface area (Å²) in [7, 11) is 0. The van der Waals surface area contributed by atoms with Crippen molar-refractivity contribution >= 4 is 12.6 Å². The number of hydrogen-bond donors (Lipinski definition) is 1. The van der Waals surface area contributed by atoms with E-state index in [-0.39, 0.29) is 6.10 Å². The third-order valence-corrected chi connectivity index (χ3v) is 1.59. The monoisotopic (exact) mass is 130 g/mol. The van der Waals surface area contributed by atoms with Crippen molar-refractivity contribution in [3.05, 3.63) is 11.5 Å². The lowest BCUT2D eigenvalue weighted by Crippen LogP contribution is -2.02. The fourth-order valence-corrected chi connectivity index (χ4v) is 1.04. The summed E-state index contributed by atoms with van der Waals surface area (Å²) in [6.45, 7) is 4.56. The molecule has 0 aromatic rings. The van der Waals surface area contributed by atoms with Gasteiger partial charge in [-0.15, -0.1) is 12.6 Å². The van der Waals surface area contributed by atoms with Gasteiger partial charge in [-0.3, -0.25) is 0 Å². The first-order valence-electron chi connectivity index (χ1n) is 2.80. The Labute approximate surface area is 55.1 Å². The van der Waals surface area contributed by atoms with Gasteiger partial charge in [0.1, 0.15) is 0 Å². The van der Waals surface area contributed by atoms with Crippen molar-refractivity contribution in [3.63, 3.8) is 0 Å². The Hall–Kier alpha value is 0.0500. The van der Waals surface area contributed by atoms with Crippen LogP contribution in [0.4, 0.5) is 0 Å². The third kappa shape index (κ3) is 1.26. The van der Waals surface area contributed by atoms with Crippen molar-refractivity contribution in [2.45, 2.75) is 18.9 Å². The van der Waals surface area contributed by atoms with Gasteiger partial charge in [-0.1, -0.05) is 6.58 Å². The van der Waals surface area contributed by atoms with Gasteiger partial charge in [-0.25, -0.2) is 0 Å². The summed E-state index contributed by atoms with van der Waals surface area (Å²) in [6.07, 6.45) is 2.49. The second-order valence-electron chi connectivity index (χ2n) is 1.99. The van der Waals surface area contributed by atoms with E-state index in [2.05, 4.69) is 19.2 Å². The molecular formula is C6H10OS. The smallest absolute Gasteiger partial charge is 0.0875 e. The van der Waals surface area contributed by atoms with Crippen LogP contribution in [0.15, 0.2) is 11.5 Å². The van der Waals surface area contributed by atoms with Gasteiger partial charge in [0.25, 0.3) is 0 Å². The van der Waals surface area contributed by atoms with Crippen LogP contribution in [0, 0.1) is 0 Å². The van der Waals surface area contributed by atoms with Gasteiger partial charge in [0.15, 0.2) is 0 Å². The molecule has 1 atom stereocenters. The summed E-state index contributed by atoms with van der Waals surface area (Å²) in [5, 5.41) is 0. The number of thiol groups is 1. The fraction of sp³-hybridized carbons (Fsp3) is 0.667. The predicted octanol–water partition coefficient (Wildman–Crippen LogP) is 1.61. The largest absolute Gasteiger partial charge is 0.373 e. The molecule has 0 bridgehead atoms. The lowest BCUT2D eigenvalue weighted by Gasteiger charge is -2.04. The fourth-order valence-electron chi connectivity index (χ4n) is 0.840. The molecule has 0 spiro atoms. The molecule has 8 heavy (non-hydrogen) atoms. The van der Waals surface area contributed by atoms with Gasteiger partial charge in [0.2, 0.25) is 0 Å². The van der Waals surface area contributed by atoms with Crippen LogP contribution in [-0.4, -0.2) is 12.7 Å². The molecule has 1 rings (SSSR count). The van der Waals surface area contributed by atoms with E-state index in [0.717, 1.165) is 24.4 Å². The lowest BCUT2D eigenvalue weighted by molar-refractivity contribution is 0.143. The first kappa shape index (κ1) is 6.17. The average molecular weight is 130 g/mol. The zero-order chi connectivity index (χ0) is 5.98. The lowest BCUT2D eigenvalue weighted by atomic mass is 10.2. The molecule has 2 heteroatoms. The molecule has 1 saturated heterocycles. The second kappa shape index (κ2) is 2.55. The Balaban J connectivity index is 2.35. The Bertz CT molecular complexity index is 94.7. The zero-order valence-corrected chi connectivity index (χ0v) is 5.66. The number of ether oxygens (including phenoxy) is 1. The SMILES string of the molecule is C=C(S)[C@@H]1CCCO1. The average Bonchev–Trinajstić information content (AvgIpc) is 2.12. The predicted molar refractivity (Wildman–Crippen MR) is 37.1 cm³/mol. The molecule has 1 nitrogen and oxygen atoms in total. The van der Waals surface area contributed by atoms with E-state index in [4.69, 9.17) is 4.74 Å². The molecule has 0 saturated carbocycles. The third-order valence-electron chi connectivity index (χ3n) is 1.30. The van der Waals surface area contributed by atoms with E-state index in [0.29, 0.717) is 0 Å². The summed E-state index contributed by atoms with van der Waals surface area (Å²) < 4.78 is 5.24. The standard InChI is InChI=1S/C6H10OS/c1-5(8)6-3-2-4-7-6/h6,8H,1-4H2/t6-/m0/s1.